The first-order chi connectivity index (χ1) is 16.5. The predicted molar refractivity (Wildman–Crippen MR) is 126 cm³/mol. The highest BCUT2D eigenvalue weighted by atomic mass is 35.5. The van der Waals surface area contributed by atoms with Gasteiger partial charge in [-0.3, -0.25) is 4.79 Å². The number of benzene rings is 2. The lowest BCUT2D eigenvalue weighted by atomic mass is 9.93. The molecule has 1 saturated heterocycles. The van der Waals surface area contributed by atoms with Crippen LogP contribution in [0.2, 0.25) is 5.02 Å². The van der Waals surface area contributed by atoms with Crippen LogP contribution in [0.15, 0.2) is 36.4 Å². The summed E-state index contributed by atoms with van der Waals surface area (Å²) in [5, 5.41) is 5.84. The molecule has 188 valence electrons. The van der Waals surface area contributed by atoms with E-state index in [-0.39, 0.29) is 36.7 Å². The van der Waals surface area contributed by atoms with Crippen LogP contribution in [0.5, 0.6) is 0 Å². The number of amides is 3. The number of alkyl halides is 3. The van der Waals surface area contributed by atoms with Crippen molar-refractivity contribution in [1.29, 1.82) is 0 Å². The van der Waals surface area contributed by atoms with Crippen LogP contribution in [-0.2, 0) is 28.7 Å². The van der Waals surface area contributed by atoms with Gasteiger partial charge in [-0.05, 0) is 61.0 Å². The number of hydrogen-bond acceptors (Lipinski definition) is 4. The summed E-state index contributed by atoms with van der Waals surface area (Å²) in [5.41, 5.74) is 0.598. The summed E-state index contributed by atoms with van der Waals surface area (Å²) in [6.07, 6.45) is -4.42. The zero-order valence-electron chi connectivity index (χ0n) is 19.3. The number of nitrogens with one attached hydrogen (secondary N) is 2. The van der Waals surface area contributed by atoms with Gasteiger partial charge in [-0.1, -0.05) is 11.6 Å². The summed E-state index contributed by atoms with van der Waals surface area (Å²) in [6, 6.07) is 7.62. The number of ether oxygens (including phenoxy) is 1. The van der Waals surface area contributed by atoms with Gasteiger partial charge < -0.3 is 25.2 Å². The average Bonchev–Trinajstić information content (AvgIpc) is 3.24. The maximum Gasteiger partial charge on any atom is 0.416 e. The van der Waals surface area contributed by atoms with Gasteiger partial charge in [-0.15, -0.1) is 0 Å². The van der Waals surface area contributed by atoms with E-state index in [2.05, 4.69) is 10.6 Å². The van der Waals surface area contributed by atoms with Gasteiger partial charge >= 0.3 is 12.2 Å². The average molecular weight is 511 g/mol. The van der Waals surface area contributed by atoms with Crippen molar-refractivity contribution in [3.8, 4) is 0 Å². The Morgan fingerprint density at radius 2 is 1.83 bits per heavy atom. The van der Waals surface area contributed by atoms with Gasteiger partial charge in [-0.25, -0.2) is 4.79 Å². The zero-order valence-corrected chi connectivity index (χ0v) is 20.0. The number of halogens is 4. The molecule has 2 heterocycles. The molecule has 4 rings (SSSR count). The van der Waals surface area contributed by atoms with E-state index in [0.29, 0.717) is 29.4 Å². The summed E-state index contributed by atoms with van der Waals surface area (Å²) in [7, 11) is 3.32. The number of anilines is 2. The minimum atomic E-state index is -4.54. The number of hydrogen-bond donors (Lipinski definition) is 2. The van der Waals surface area contributed by atoms with Crippen LogP contribution in [0.25, 0.3) is 0 Å². The summed E-state index contributed by atoms with van der Waals surface area (Å²) in [4.78, 5) is 29.4. The molecule has 35 heavy (non-hydrogen) atoms. The van der Waals surface area contributed by atoms with Crippen molar-refractivity contribution in [3.05, 3.63) is 58.1 Å². The number of rotatable bonds is 4. The van der Waals surface area contributed by atoms with Crippen molar-refractivity contribution >= 4 is 34.9 Å². The second-order valence-corrected chi connectivity index (χ2v) is 9.27. The van der Waals surface area contributed by atoms with Gasteiger partial charge in [0, 0.05) is 49.6 Å². The molecule has 2 aromatic carbocycles. The molecular formula is C24H26ClF3N4O3. The molecule has 0 bridgehead atoms. The third-order valence-corrected chi connectivity index (χ3v) is 6.61. The Balaban J connectivity index is 1.56. The van der Waals surface area contributed by atoms with Crippen LogP contribution in [0.4, 0.5) is 29.3 Å². The Hall–Kier alpha value is -2.82. The number of fused-ring (bicyclic) bond motifs is 1. The largest absolute Gasteiger partial charge is 0.416 e. The molecule has 2 aliphatic rings. The molecule has 0 radical (unpaired) electrons. The van der Waals surface area contributed by atoms with Crippen LogP contribution < -0.4 is 10.6 Å². The Kier molecular flexibility index (Phi) is 7.25. The molecule has 11 heteroatoms. The van der Waals surface area contributed by atoms with Crippen LogP contribution in [0, 0.1) is 0 Å². The van der Waals surface area contributed by atoms with Gasteiger partial charge in [-0.2, -0.15) is 13.2 Å². The Bertz CT molecular complexity index is 1110. The maximum absolute atomic E-state index is 13.8. The van der Waals surface area contributed by atoms with Gasteiger partial charge in [0.1, 0.15) is 6.04 Å². The van der Waals surface area contributed by atoms with E-state index < -0.39 is 29.7 Å². The predicted octanol–water partition coefficient (Wildman–Crippen LogP) is 4.61. The smallest absolute Gasteiger partial charge is 0.380 e. The van der Waals surface area contributed by atoms with E-state index in [4.69, 9.17) is 16.3 Å². The molecular weight excluding hydrogens is 485 g/mol. The third kappa shape index (κ3) is 5.71. The first-order valence-corrected chi connectivity index (χ1v) is 11.5. The first-order valence-electron chi connectivity index (χ1n) is 11.1. The maximum atomic E-state index is 13.8. The number of urea groups is 1. The second kappa shape index (κ2) is 10.0. The molecule has 0 aliphatic carbocycles. The van der Waals surface area contributed by atoms with E-state index in [1.54, 1.807) is 30.3 Å². The Labute approximate surface area is 206 Å². The van der Waals surface area contributed by atoms with Crippen molar-refractivity contribution in [1.82, 2.24) is 9.80 Å². The monoisotopic (exact) mass is 510 g/mol. The fraction of sp³-hybridized carbons (Fsp3) is 0.417. The highest BCUT2D eigenvalue weighted by Crippen LogP contribution is 2.38. The van der Waals surface area contributed by atoms with Crippen LogP contribution in [0.1, 0.15) is 23.1 Å². The minimum Gasteiger partial charge on any atom is -0.380 e. The molecule has 2 aliphatic heterocycles. The number of likely N-dealkylation sites (tertiary alicyclic amines) is 1. The van der Waals surface area contributed by atoms with Gasteiger partial charge in [0.2, 0.25) is 5.91 Å². The van der Waals surface area contributed by atoms with Crippen molar-refractivity contribution in [2.75, 3.05) is 37.9 Å². The molecule has 2 N–H and O–H groups in total. The van der Waals surface area contributed by atoms with Crippen LogP contribution in [-0.4, -0.2) is 61.1 Å². The third-order valence-electron chi connectivity index (χ3n) is 6.35. The van der Waals surface area contributed by atoms with Crippen molar-refractivity contribution in [2.45, 2.75) is 37.7 Å². The fourth-order valence-electron chi connectivity index (χ4n) is 4.56. The summed E-state index contributed by atoms with van der Waals surface area (Å²) < 4.78 is 46.7. The quantitative estimate of drug-likeness (QED) is 0.630. The number of carbonyl (C=O) groups excluding carboxylic acids is 2. The highest BCUT2D eigenvalue weighted by molar-refractivity contribution is 6.30. The Morgan fingerprint density at radius 1 is 1.11 bits per heavy atom. The first kappa shape index (κ1) is 25.3. The number of carbonyl (C=O) groups is 2. The SMILES string of the molecule is COC1CC(C(=O)Nc2cc3c(c(C(F)(F)F)c2)CCN(C)C3)N(C(=O)Nc2ccc(Cl)cc2)C1. The highest BCUT2D eigenvalue weighted by Gasteiger charge is 2.41. The van der Waals surface area contributed by atoms with Gasteiger partial charge in [0.05, 0.1) is 11.7 Å². The fourth-order valence-corrected chi connectivity index (χ4v) is 4.69. The normalized spacial score (nSPS) is 20.5. The van der Waals surface area contributed by atoms with E-state index in [1.165, 1.54) is 12.0 Å². The lowest BCUT2D eigenvalue weighted by Gasteiger charge is -2.29. The van der Waals surface area contributed by atoms with Gasteiger partial charge in [0.25, 0.3) is 0 Å². The summed E-state index contributed by atoms with van der Waals surface area (Å²) >= 11 is 5.88. The number of likely N-dealkylation sites (N-methyl/N-ethyl adjacent to an activating group) is 1. The standard InChI is InChI=1S/C24H26ClF3N4O3/c1-31-8-7-19-14(12-31)9-17(10-20(19)24(26,27)28)29-22(33)21-11-18(35-2)13-32(21)23(34)30-16-5-3-15(25)4-6-16/h3-6,9-10,18,21H,7-8,11-13H2,1-2H3,(H,29,33)(H,30,34). The second-order valence-electron chi connectivity index (χ2n) is 8.83. The topological polar surface area (TPSA) is 73.9 Å². The molecule has 2 atom stereocenters. The molecule has 3 amide bonds. The Morgan fingerprint density at radius 3 is 2.49 bits per heavy atom. The minimum absolute atomic E-state index is 0.0512. The van der Waals surface area contributed by atoms with Crippen LogP contribution >= 0.6 is 11.6 Å². The van der Waals surface area contributed by atoms with Gasteiger partial charge in [0.15, 0.2) is 0 Å². The molecule has 1 fully saturated rings. The molecule has 2 aromatic rings. The lowest BCUT2D eigenvalue weighted by Crippen LogP contribution is -2.45. The van der Waals surface area contributed by atoms with Crippen molar-refractivity contribution in [2.24, 2.45) is 0 Å². The number of nitrogens with zero attached hydrogens (tertiary/aromatic N) is 2. The van der Waals surface area contributed by atoms with Crippen LogP contribution in [0.3, 0.4) is 0 Å². The summed E-state index contributed by atoms with van der Waals surface area (Å²) in [6.45, 7) is 1.05. The van der Waals surface area contributed by atoms with Crippen molar-refractivity contribution < 1.29 is 27.5 Å². The van der Waals surface area contributed by atoms with E-state index in [9.17, 15) is 22.8 Å². The molecule has 0 saturated carbocycles. The van der Waals surface area contributed by atoms with E-state index >= 15 is 0 Å². The molecule has 2 unspecified atom stereocenters. The molecule has 0 aromatic heterocycles. The molecule has 7 nitrogen and oxygen atoms in total. The van der Waals surface area contributed by atoms with E-state index in [0.717, 1.165) is 6.07 Å². The van der Waals surface area contributed by atoms with E-state index in [1.807, 2.05) is 11.9 Å². The number of methoxy groups -OCH3 is 1. The molecule has 0 spiro atoms. The zero-order chi connectivity index (χ0) is 25.3. The lowest BCUT2D eigenvalue weighted by molar-refractivity contribution is -0.138. The summed E-state index contributed by atoms with van der Waals surface area (Å²) in [5.74, 6) is -0.576. The van der Waals surface area contributed by atoms with Crippen molar-refractivity contribution in [3.63, 3.8) is 0 Å².